The SMILES string of the molecule is CN(CC1CCN(c2cc(N3CCCC3C(=O)NCCc3ccc(C#N)cc3)nc(C(F)(F)F)n2)CC1)C(=O)O. The maximum absolute atomic E-state index is 13.8. The van der Waals surface area contributed by atoms with Crippen molar-refractivity contribution in [3.8, 4) is 6.07 Å². The van der Waals surface area contributed by atoms with Crippen molar-refractivity contribution >= 4 is 23.6 Å². The van der Waals surface area contributed by atoms with Crippen LogP contribution in [0.5, 0.6) is 0 Å². The molecule has 2 fully saturated rings. The third kappa shape index (κ3) is 7.11. The van der Waals surface area contributed by atoms with Crippen LogP contribution >= 0.6 is 0 Å². The van der Waals surface area contributed by atoms with Gasteiger partial charge in [0.25, 0.3) is 0 Å². The Balaban J connectivity index is 1.44. The smallest absolute Gasteiger partial charge is 0.451 e. The van der Waals surface area contributed by atoms with Crippen LogP contribution in [0.3, 0.4) is 0 Å². The van der Waals surface area contributed by atoms with Crippen LogP contribution in [0.25, 0.3) is 0 Å². The summed E-state index contributed by atoms with van der Waals surface area (Å²) in [5.41, 5.74) is 1.50. The number of rotatable bonds is 8. The van der Waals surface area contributed by atoms with E-state index in [0.29, 0.717) is 70.4 Å². The number of amides is 2. The highest BCUT2D eigenvalue weighted by molar-refractivity contribution is 5.85. The number of aromatic nitrogens is 2. The second-order valence-electron chi connectivity index (χ2n) is 10.2. The van der Waals surface area contributed by atoms with Crippen molar-refractivity contribution in [3.05, 3.63) is 47.3 Å². The van der Waals surface area contributed by atoms with Gasteiger partial charge in [0, 0.05) is 45.8 Å². The van der Waals surface area contributed by atoms with E-state index < -0.39 is 24.1 Å². The van der Waals surface area contributed by atoms with E-state index in [2.05, 4.69) is 21.4 Å². The van der Waals surface area contributed by atoms with Gasteiger partial charge >= 0.3 is 12.3 Å². The number of carbonyl (C=O) groups is 2. The Morgan fingerprint density at radius 3 is 2.42 bits per heavy atom. The molecule has 1 atom stereocenters. The van der Waals surface area contributed by atoms with Crippen LogP contribution in [0.15, 0.2) is 30.3 Å². The number of carbonyl (C=O) groups excluding carboxylic acids is 1. The molecule has 1 aromatic heterocycles. The van der Waals surface area contributed by atoms with Crippen LogP contribution < -0.4 is 15.1 Å². The molecule has 1 unspecified atom stereocenters. The van der Waals surface area contributed by atoms with Crippen molar-refractivity contribution in [1.29, 1.82) is 5.26 Å². The zero-order chi connectivity index (χ0) is 28.9. The van der Waals surface area contributed by atoms with Crippen LogP contribution in [0, 0.1) is 17.2 Å². The largest absolute Gasteiger partial charge is 0.465 e. The fourth-order valence-electron chi connectivity index (χ4n) is 5.18. The van der Waals surface area contributed by atoms with Gasteiger partial charge in [-0.05, 0) is 55.7 Å². The number of anilines is 2. The first-order valence-corrected chi connectivity index (χ1v) is 13.2. The van der Waals surface area contributed by atoms with E-state index >= 15 is 0 Å². The van der Waals surface area contributed by atoms with Gasteiger partial charge in [0.2, 0.25) is 11.7 Å². The molecule has 2 saturated heterocycles. The lowest BCUT2D eigenvalue weighted by atomic mass is 9.96. The normalized spacial score (nSPS) is 17.9. The third-order valence-corrected chi connectivity index (χ3v) is 7.40. The summed E-state index contributed by atoms with van der Waals surface area (Å²) in [6.45, 7) is 1.98. The summed E-state index contributed by atoms with van der Waals surface area (Å²) in [6.07, 6.45) is -2.86. The number of alkyl halides is 3. The second-order valence-corrected chi connectivity index (χ2v) is 10.2. The molecular formula is C27H32F3N7O3. The van der Waals surface area contributed by atoms with Crippen molar-refractivity contribution in [2.45, 2.75) is 44.3 Å². The first-order valence-electron chi connectivity index (χ1n) is 13.2. The maximum Gasteiger partial charge on any atom is 0.451 e. The van der Waals surface area contributed by atoms with E-state index in [-0.39, 0.29) is 23.5 Å². The third-order valence-electron chi connectivity index (χ3n) is 7.40. The van der Waals surface area contributed by atoms with Crippen LogP contribution in [-0.4, -0.2) is 77.8 Å². The van der Waals surface area contributed by atoms with Crippen molar-refractivity contribution in [2.24, 2.45) is 5.92 Å². The minimum absolute atomic E-state index is 0.0646. The summed E-state index contributed by atoms with van der Waals surface area (Å²) in [4.78, 5) is 36.4. The van der Waals surface area contributed by atoms with E-state index in [4.69, 9.17) is 10.4 Å². The predicted molar refractivity (Wildman–Crippen MR) is 141 cm³/mol. The molecule has 2 N–H and O–H groups in total. The first kappa shape index (κ1) is 28.9. The number of halogens is 3. The van der Waals surface area contributed by atoms with E-state index in [1.54, 1.807) is 21.9 Å². The van der Waals surface area contributed by atoms with Crippen LogP contribution in [0.2, 0.25) is 0 Å². The van der Waals surface area contributed by atoms with E-state index in [0.717, 1.165) is 5.56 Å². The average molecular weight is 560 g/mol. The highest BCUT2D eigenvalue weighted by Gasteiger charge is 2.39. The van der Waals surface area contributed by atoms with E-state index in [1.807, 2.05) is 12.1 Å². The summed E-state index contributed by atoms with van der Waals surface area (Å²) < 4.78 is 41.4. The molecule has 0 radical (unpaired) electrons. The van der Waals surface area contributed by atoms with Crippen molar-refractivity contribution in [2.75, 3.05) is 49.6 Å². The number of benzene rings is 1. The lowest BCUT2D eigenvalue weighted by Gasteiger charge is -2.35. The molecule has 0 bridgehead atoms. The highest BCUT2D eigenvalue weighted by atomic mass is 19.4. The topological polar surface area (TPSA) is 126 Å². The fourth-order valence-corrected chi connectivity index (χ4v) is 5.18. The lowest BCUT2D eigenvalue weighted by Crippen LogP contribution is -2.44. The minimum Gasteiger partial charge on any atom is -0.465 e. The van der Waals surface area contributed by atoms with Gasteiger partial charge in [0.05, 0.1) is 11.6 Å². The van der Waals surface area contributed by atoms with Gasteiger partial charge in [0.1, 0.15) is 17.7 Å². The molecule has 3 heterocycles. The van der Waals surface area contributed by atoms with E-state index in [9.17, 15) is 22.8 Å². The van der Waals surface area contributed by atoms with Crippen LogP contribution in [-0.2, 0) is 17.4 Å². The molecule has 2 aliphatic rings. The number of nitrogens with zero attached hydrogens (tertiary/aromatic N) is 6. The Labute approximate surface area is 230 Å². The molecule has 40 heavy (non-hydrogen) atoms. The second kappa shape index (κ2) is 12.4. The molecule has 2 aromatic rings. The molecule has 0 spiro atoms. The monoisotopic (exact) mass is 559 g/mol. The number of hydrogen-bond acceptors (Lipinski definition) is 7. The zero-order valence-electron chi connectivity index (χ0n) is 22.2. The Kier molecular flexibility index (Phi) is 8.96. The fraction of sp³-hybridized carbons (Fsp3) is 0.519. The Morgan fingerprint density at radius 2 is 1.80 bits per heavy atom. The minimum atomic E-state index is -4.76. The number of hydrogen-bond donors (Lipinski definition) is 2. The first-order chi connectivity index (χ1) is 19.0. The molecule has 10 nitrogen and oxygen atoms in total. The summed E-state index contributed by atoms with van der Waals surface area (Å²) in [5.74, 6) is -1.21. The van der Waals surface area contributed by atoms with Gasteiger partial charge in [-0.25, -0.2) is 14.8 Å². The van der Waals surface area contributed by atoms with Gasteiger partial charge < -0.3 is 25.1 Å². The maximum atomic E-state index is 13.8. The zero-order valence-corrected chi connectivity index (χ0v) is 22.2. The molecule has 2 aliphatic heterocycles. The van der Waals surface area contributed by atoms with Gasteiger partial charge in [-0.3, -0.25) is 4.79 Å². The molecule has 1 aromatic carbocycles. The molecule has 13 heteroatoms. The van der Waals surface area contributed by atoms with Crippen molar-refractivity contribution in [1.82, 2.24) is 20.2 Å². The molecule has 2 amide bonds. The summed E-state index contributed by atoms with van der Waals surface area (Å²) in [7, 11) is 1.50. The highest BCUT2D eigenvalue weighted by Crippen LogP contribution is 2.34. The molecule has 214 valence electrons. The number of nitriles is 1. The summed E-state index contributed by atoms with van der Waals surface area (Å²) in [6, 6.07) is 9.97. The van der Waals surface area contributed by atoms with Gasteiger partial charge in [-0.15, -0.1) is 0 Å². The summed E-state index contributed by atoms with van der Waals surface area (Å²) >= 11 is 0. The van der Waals surface area contributed by atoms with Crippen molar-refractivity contribution < 1.29 is 27.9 Å². The molecule has 0 aliphatic carbocycles. The van der Waals surface area contributed by atoms with E-state index in [1.165, 1.54) is 18.0 Å². The van der Waals surface area contributed by atoms with Gasteiger partial charge in [-0.2, -0.15) is 18.4 Å². The van der Waals surface area contributed by atoms with Crippen molar-refractivity contribution in [3.63, 3.8) is 0 Å². The molecule has 4 rings (SSSR count). The average Bonchev–Trinajstić information content (AvgIpc) is 3.43. The predicted octanol–water partition coefficient (Wildman–Crippen LogP) is 3.52. The number of nitrogens with one attached hydrogen (secondary N) is 1. The van der Waals surface area contributed by atoms with Crippen LogP contribution in [0.4, 0.5) is 29.6 Å². The molecule has 0 saturated carbocycles. The Morgan fingerprint density at radius 1 is 1.12 bits per heavy atom. The quantitative estimate of drug-likeness (QED) is 0.503. The number of piperidine rings is 1. The van der Waals surface area contributed by atoms with Gasteiger partial charge in [0.15, 0.2) is 0 Å². The standard InChI is InChI=1S/C27H32F3N7O3/c1-35(26(39)40)17-20-9-13-36(14-10-20)22-15-23(34-25(33-22)27(28,29)30)37-12-2-3-21(37)24(38)32-11-8-18-4-6-19(16-31)7-5-18/h4-7,15,20-21H,2-3,8-14,17H2,1H3,(H,32,38)(H,39,40). The van der Waals surface area contributed by atoms with Gasteiger partial charge in [-0.1, -0.05) is 12.1 Å². The molecular weight excluding hydrogens is 527 g/mol. The summed E-state index contributed by atoms with van der Waals surface area (Å²) in [5, 5.41) is 20.9. The lowest BCUT2D eigenvalue weighted by molar-refractivity contribution is -0.144. The Hall–Kier alpha value is -4.08. The van der Waals surface area contributed by atoms with Crippen LogP contribution in [0.1, 0.15) is 42.6 Å². The number of carboxylic acid groups (broad SMARTS) is 1. The Bertz CT molecular complexity index is 1240.